The van der Waals surface area contributed by atoms with Crippen molar-refractivity contribution in [2.24, 2.45) is 5.92 Å². The molecule has 2 atom stereocenters. The number of hydrogen-bond acceptors (Lipinski definition) is 7. The van der Waals surface area contributed by atoms with Gasteiger partial charge in [-0.25, -0.2) is 0 Å². The molecular formula is C31H39NO7. The van der Waals surface area contributed by atoms with Crippen molar-refractivity contribution in [3.05, 3.63) is 58.7 Å². The molecule has 0 saturated carbocycles. The molecule has 2 aliphatic rings. The summed E-state index contributed by atoms with van der Waals surface area (Å²) in [4.78, 5) is 28.2. The standard InChI is InChI=1S/C31H39NO7/c1-6-37-26-18-21(8-11-25(26)38-15-12-19(2)3)28-27(30(34)31(35)32(28)13-7-14-36-5)29(33)22-9-10-24-23(17-22)16-20(4)39-24/h8-11,17-20,28,33H,6-7,12-16H2,1-5H3/b29-27-. The number of aliphatic hydroxyl groups excluding tert-OH is 1. The van der Waals surface area contributed by atoms with Gasteiger partial charge in [0.05, 0.1) is 24.8 Å². The van der Waals surface area contributed by atoms with Gasteiger partial charge in [-0.1, -0.05) is 19.9 Å². The van der Waals surface area contributed by atoms with Crippen LogP contribution in [0.4, 0.5) is 0 Å². The van der Waals surface area contributed by atoms with Crippen LogP contribution < -0.4 is 14.2 Å². The average molecular weight is 538 g/mol. The zero-order valence-corrected chi connectivity index (χ0v) is 23.5. The fraction of sp³-hybridized carbons (Fsp3) is 0.484. The highest BCUT2D eigenvalue weighted by molar-refractivity contribution is 6.46. The highest BCUT2D eigenvalue weighted by Crippen LogP contribution is 2.43. The number of carbonyl (C=O) groups excluding carboxylic acids is 2. The van der Waals surface area contributed by atoms with E-state index in [0.29, 0.717) is 67.8 Å². The lowest BCUT2D eigenvalue weighted by atomic mass is 9.94. The number of fused-ring (bicyclic) bond motifs is 1. The van der Waals surface area contributed by atoms with Gasteiger partial charge in [-0.15, -0.1) is 0 Å². The Morgan fingerprint density at radius 1 is 1.10 bits per heavy atom. The first-order valence-corrected chi connectivity index (χ1v) is 13.7. The molecular weight excluding hydrogens is 498 g/mol. The van der Waals surface area contributed by atoms with E-state index < -0.39 is 17.7 Å². The molecule has 0 aromatic heterocycles. The summed E-state index contributed by atoms with van der Waals surface area (Å²) in [6, 6.07) is 10.0. The van der Waals surface area contributed by atoms with E-state index in [1.165, 1.54) is 4.90 Å². The number of hydrogen-bond donors (Lipinski definition) is 1. The van der Waals surface area contributed by atoms with E-state index in [-0.39, 0.29) is 17.4 Å². The monoisotopic (exact) mass is 537 g/mol. The van der Waals surface area contributed by atoms with Gasteiger partial charge in [0.2, 0.25) is 0 Å². The van der Waals surface area contributed by atoms with Gasteiger partial charge in [0.1, 0.15) is 17.6 Å². The van der Waals surface area contributed by atoms with Gasteiger partial charge in [0, 0.05) is 32.2 Å². The molecule has 210 valence electrons. The van der Waals surface area contributed by atoms with Crippen molar-refractivity contribution in [1.29, 1.82) is 0 Å². The van der Waals surface area contributed by atoms with Crippen LogP contribution in [0.15, 0.2) is 42.0 Å². The molecule has 1 amide bonds. The summed E-state index contributed by atoms with van der Waals surface area (Å²) in [6.45, 7) is 9.85. The van der Waals surface area contributed by atoms with Gasteiger partial charge in [0.15, 0.2) is 11.5 Å². The Labute approximate surface area is 230 Å². The van der Waals surface area contributed by atoms with Crippen LogP contribution in [0.25, 0.3) is 5.76 Å². The molecule has 1 saturated heterocycles. The highest BCUT2D eigenvalue weighted by atomic mass is 16.5. The van der Waals surface area contributed by atoms with Crippen LogP contribution >= 0.6 is 0 Å². The number of benzene rings is 2. The first-order valence-electron chi connectivity index (χ1n) is 13.7. The SMILES string of the molecule is CCOc1cc(C2/C(=C(/O)c3ccc4c(c3)CC(C)O4)C(=O)C(=O)N2CCCOC)ccc1OCCC(C)C. The Balaban J connectivity index is 1.77. The molecule has 2 aromatic rings. The second-order valence-corrected chi connectivity index (χ2v) is 10.5. The van der Waals surface area contributed by atoms with Crippen LogP contribution in [0.2, 0.25) is 0 Å². The summed E-state index contributed by atoms with van der Waals surface area (Å²) >= 11 is 0. The Morgan fingerprint density at radius 3 is 2.62 bits per heavy atom. The minimum Gasteiger partial charge on any atom is -0.507 e. The number of nitrogens with zero attached hydrogens (tertiary/aromatic N) is 1. The third-order valence-electron chi connectivity index (χ3n) is 6.99. The number of ketones is 1. The van der Waals surface area contributed by atoms with Crippen LogP contribution in [-0.4, -0.2) is 61.3 Å². The van der Waals surface area contributed by atoms with Gasteiger partial charge in [-0.05, 0) is 74.1 Å². The molecule has 0 radical (unpaired) electrons. The Bertz CT molecular complexity index is 1240. The molecule has 0 spiro atoms. The Morgan fingerprint density at radius 2 is 1.90 bits per heavy atom. The quantitative estimate of drug-likeness (QED) is 0.170. The lowest BCUT2D eigenvalue weighted by Gasteiger charge is -2.26. The van der Waals surface area contributed by atoms with Gasteiger partial charge in [-0.2, -0.15) is 0 Å². The summed E-state index contributed by atoms with van der Waals surface area (Å²) < 4.78 is 22.9. The van der Waals surface area contributed by atoms with E-state index >= 15 is 0 Å². The number of aliphatic hydroxyl groups is 1. The van der Waals surface area contributed by atoms with E-state index in [0.717, 1.165) is 17.7 Å². The van der Waals surface area contributed by atoms with E-state index in [1.54, 1.807) is 25.3 Å². The smallest absolute Gasteiger partial charge is 0.295 e. The number of likely N-dealkylation sites (tertiary alicyclic amines) is 1. The number of Topliss-reactive ketones (excluding diaryl/α,β-unsaturated/α-hetero) is 1. The molecule has 4 rings (SSSR count). The normalized spacial score (nSPS) is 19.9. The first kappa shape index (κ1) is 28.5. The largest absolute Gasteiger partial charge is 0.507 e. The summed E-state index contributed by atoms with van der Waals surface area (Å²) in [5, 5.41) is 11.5. The second kappa shape index (κ2) is 12.6. The number of methoxy groups -OCH3 is 1. The molecule has 8 heteroatoms. The van der Waals surface area contributed by atoms with Crippen molar-refractivity contribution in [2.75, 3.05) is 33.5 Å². The number of rotatable bonds is 12. The number of amides is 1. The van der Waals surface area contributed by atoms with E-state index in [1.807, 2.05) is 32.0 Å². The summed E-state index contributed by atoms with van der Waals surface area (Å²) in [5.41, 5.74) is 2.15. The van der Waals surface area contributed by atoms with Crippen molar-refractivity contribution >= 4 is 17.4 Å². The van der Waals surface area contributed by atoms with E-state index in [4.69, 9.17) is 18.9 Å². The number of ether oxygens (including phenoxy) is 4. The van der Waals surface area contributed by atoms with Crippen molar-refractivity contribution in [2.45, 2.75) is 59.1 Å². The predicted molar refractivity (Wildman–Crippen MR) is 148 cm³/mol. The van der Waals surface area contributed by atoms with Crippen molar-refractivity contribution in [3.63, 3.8) is 0 Å². The molecule has 2 heterocycles. The zero-order valence-electron chi connectivity index (χ0n) is 23.5. The van der Waals surface area contributed by atoms with Crippen molar-refractivity contribution in [3.8, 4) is 17.2 Å². The van der Waals surface area contributed by atoms with Crippen LogP contribution in [0.5, 0.6) is 17.2 Å². The highest BCUT2D eigenvalue weighted by Gasteiger charge is 2.46. The molecule has 2 aromatic carbocycles. The van der Waals surface area contributed by atoms with Crippen LogP contribution in [0, 0.1) is 5.92 Å². The Kier molecular flexibility index (Phi) is 9.17. The number of carbonyl (C=O) groups is 2. The maximum atomic E-state index is 13.4. The topological polar surface area (TPSA) is 94.5 Å². The molecule has 1 fully saturated rings. The first-order chi connectivity index (χ1) is 18.7. The molecule has 2 unspecified atom stereocenters. The maximum Gasteiger partial charge on any atom is 0.295 e. The van der Waals surface area contributed by atoms with Crippen LogP contribution in [-0.2, 0) is 20.7 Å². The maximum absolute atomic E-state index is 13.4. The summed E-state index contributed by atoms with van der Waals surface area (Å²) in [7, 11) is 1.59. The van der Waals surface area contributed by atoms with Crippen molar-refractivity contribution < 1.29 is 33.6 Å². The minimum atomic E-state index is -0.783. The second-order valence-electron chi connectivity index (χ2n) is 10.5. The van der Waals surface area contributed by atoms with E-state index in [9.17, 15) is 14.7 Å². The average Bonchev–Trinajstić information content (AvgIpc) is 3.40. The van der Waals surface area contributed by atoms with Gasteiger partial charge in [0.25, 0.3) is 11.7 Å². The zero-order chi connectivity index (χ0) is 28.1. The fourth-order valence-electron chi connectivity index (χ4n) is 5.05. The van der Waals surface area contributed by atoms with Crippen LogP contribution in [0.3, 0.4) is 0 Å². The third-order valence-corrected chi connectivity index (χ3v) is 6.99. The molecule has 0 aliphatic carbocycles. The van der Waals surface area contributed by atoms with Crippen molar-refractivity contribution in [1.82, 2.24) is 4.90 Å². The van der Waals surface area contributed by atoms with Gasteiger partial charge in [-0.3, -0.25) is 9.59 Å². The molecule has 2 aliphatic heterocycles. The summed E-state index contributed by atoms with van der Waals surface area (Å²) in [5.74, 6) is 0.840. The summed E-state index contributed by atoms with van der Waals surface area (Å²) in [6.07, 6.45) is 2.20. The minimum absolute atomic E-state index is 0.0435. The molecule has 1 N–H and O–H groups in total. The van der Waals surface area contributed by atoms with Gasteiger partial charge >= 0.3 is 0 Å². The lowest BCUT2D eigenvalue weighted by molar-refractivity contribution is -0.140. The molecule has 8 nitrogen and oxygen atoms in total. The molecule has 39 heavy (non-hydrogen) atoms. The van der Waals surface area contributed by atoms with E-state index in [2.05, 4.69) is 13.8 Å². The van der Waals surface area contributed by atoms with Gasteiger partial charge < -0.3 is 29.0 Å². The fourth-order valence-corrected chi connectivity index (χ4v) is 5.05. The predicted octanol–water partition coefficient (Wildman–Crippen LogP) is 5.29. The molecule has 0 bridgehead atoms. The van der Waals surface area contributed by atoms with Crippen LogP contribution in [0.1, 0.15) is 63.3 Å². The third kappa shape index (κ3) is 6.22. The lowest BCUT2D eigenvalue weighted by Crippen LogP contribution is -2.31. The Hall–Kier alpha value is -3.52.